The summed E-state index contributed by atoms with van der Waals surface area (Å²) in [5, 5.41) is 5.26. The van der Waals surface area contributed by atoms with Crippen LogP contribution < -0.4 is 20.1 Å². The molecule has 2 amide bonds. The van der Waals surface area contributed by atoms with E-state index in [0.717, 1.165) is 0 Å². The van der Waals surface area contributed by atoms with Crippen LogP contribution in [-0.4, -0.2) is 29.2 Å². The van der Waals surface area contributed by atoms with Crippen molar-refractivity contribution in [3.05, 3.63) is 36.8 Å². The van der Waals surface area contributed by atoms with Gasteiger partial charge < -0.3 is 14.8 Å². The van der Waals surface area contributed by atoms with Crippen LogP contribution in [0.15, 0.2) is 36.8 Å². The highest BCUT2D eigenvalue weighted by Gasteiger charge is 2.12. The summed E-state index contributed by atoms with van der Waals surface area (Å²) >= 11 is 0. The molecule has 2 aromatic rings. The Morgan fingerprint density at radius 1 is 1.10 bits per heavy atom. The summed E-state index contributed by atoms with van der Waals surface area (Å²) < 4.78 is 10.9. The highest BCUT2D eigenvalue weighted by atomic mass is 16.6. The molecule has 0 radical (unpaired) electrons. The lowest BCUT2D eigenvalue weighted by Crippen LogP contribution is -2.20. The van der Waals surface area contributed by atoms with Crippen LogP contribution in [0.5, 0.6) is 11.5 Å². The fraction of sp³-hybridized carbons (Fsp3) is 0.154. The molecule has 0 bridgehead atoms. The third-order valence-corrected chi connectivity index (χ3v) is 2.60. The molecule has 1 aliphatic heterocycles. The van der Waals surface area contributed by atoms with Gasteiger partial charge in [0.1, 0.15) is 13.2 Å². The zero-order valence-corrected chi connectivity index (χ0v) is 10.5. The fourth-order valence-corrected chi connectivity index (χ4v) is 1.76. The van der Waals surface area contributed by atoms with Gasteiger partial charge in [-0.3, -0.25) is 10.3 Å². The lowest BCUT2D eigenvalue weighted by Gasteiger charge is -2.19. The maximum absolute atomic E-state index is 11.8. The number of benzene rings is 1. The average molecular weight is 272 g/mol. The number of carbonyl (C=O) groups excluding carboxylic acids is 1. The molecule has 0 saturated carbocycles. The minimum Gasteiger partial charge on any atom is -0.486 e. The third-order valence-electron chi connectivity index (χ3n) is 2.60. The van der Waals surface area contributed by atoms with Crippen LogP contribution in [0.2, 0.25) is 0 Å². The van der Waals surface area contributed by atoms with Crippen LogP contribution in [0.1, 0.15) is 0 Å². The summed E-state index contributed by atoms with van der Waals surface area (Å²) in [6.45, 7) is 1.04. The highest BCUT2D eigenvalue weighted by Crippen LogP contribution is 2.32. The number of rotatable bonds is 2. The number of nitrogens with one attached hydrogen (secondary N) is 2. The van der Waals surface area contributed by atoms with E-state index in [9.17, 15) is 4.79 Å². The summed E-state index contributed by atoms with van der Waals surface area (Å²) in [5.41, 5.74) is 0.607. The monoisotopic (exact) mass is 272 g/mol. The van der Waals surface area contributed by atoms with Crippen molar-refractivity contribution < 1.29 is 14.3 Å². The maximum Gasteiger partial charge on any atom is 0.324 e. The van der Waals surface area contributed by atoms with Crippen molar-refractivity contribution in [2.24, 2.45) is 0 Å². The molecule has 102 valence electrons. The molecule has 1 aromatic carbocycles. The molecule has 0 fully saturated rings. The van der Waals surface area contributed by atoms with Crippen LogP contribution in [0.4, 0.5) is 16.3 Å². The summed E-state index contributed by atoms with van der Waals surface area (Å²) in [5.74, 6) is 1.67. The standard InChI is InChI=1S/C13H12N4O3/c18-13(17-12-8-14-3-4-15-12)16-9-1-2-10-11(7-9)20-6-5-19-10/h1-4,7-8H,5-6H2,(H2,15,16,17,18). The lowest BCUT2D eigenvalue weighted by molar-refractivity contribution is 0.171. The van der Waals surface area contributed by atoms with Gasteiger partial charge in [-0.25, -0.2) is 9.78 Å². The maximum atomic E-state index is 11.8. The van der Waals surface area contributed by atoms with E-state index in [-0.39, 0.29) is 0 Å². The van der Waals surface area contributed by atoms with E-state index in [2.05, 4.69) is 20.6 Å². The van der Waals surface area contributed by atoms with E-state index in [1.807, 2.05) is 0 Å². The van der Waals surface area contributed by atoms with E-state index in [1.54, 1.807) is 18.2 Å². The summed E-state index contributed by atoms with van der Waals surface area (Å²) in [4.78, 5) is 19.6. The molecule has 0 saturated heterocycles. The second kappa shape index (κ2) is 5.43. The molecule has 20 heavy (non-hydrogen) atoms. The molecule has 7 nitrogen and oxygen atoms in total. The predicted octanol–water partition coefficient (Wildman–Crippen LogP) is 1.89. The van der Waals surface area contributed by atoms with Gasteiger partial charge in [0.05, 0.1) is 6.20 Å². The van der Waals surface area contributed by atoms with E-state index in [0.29, 0.717) is 36.2 Å². The number of hydrogen-bond acceptors (Lipinski definition) is 5. The number of urea groups is 1. The molecule has 3 rings (SSSR count). The van der Waals surface area contributed by atoms with E-state index in [1.165, 1.54) is 18.6 Å². The van der Waals surface area contributed by atoms with E-state index in [4.69, 9.17) is 9.47 Å². The Morgan fingerprint density at radius 2 is 1.95 bits per heavy atom. The molecule has 1 aliphatic rings. The van der Waals surface area contributed by atoms with E-state index >= 15 is 0 Å². The van der Waals surface area contributed by atoms with E-state index < -0.39 is 6.03 Å². The van der Waals surface area contributed by atoms with Crippen LogP contribution in [0, 0.1) is 0 Å². The number of ether oxygens (including phenoxy) is 2. The number of fused-ring (bicyclic) bond motifs is 1. The minimum absolute atomic E-state index is 0.377. The van der Waals surface area contributed by atoms with Gasteiger partial charge in [0.25, 0.3) is 0 Å². The molecule has 0 atom stereocenters. The SMILES string of the molecule is O=C(Nc1ccc2c(c1)OCCO2)Nc1cnccn1. The van der Waals surface area contributed by atoms with Gasteiger partial charge in [0.15, 0.2) is 17.3 Å². The molecule has 0 unspecified atom stereocenters. The lowest BCUT2D eigenvalue weighted by atomic mass is 10.2. The second-order valence-electron chi connectivity index (χ2n) is 4.03. The van der Waals surface area contributed by atoms with Gasteiger partial charge in [-0.15, -0.1) is 0 Å². The van der Waals surface area contributed by atoms with Crippen molar-refractivity contribution in [3.8, 4) is 11.5 Å². The minimum atomic E-state index is -0.401. The number of carbonyl (C=O) groups is 1. The first-order chi connectivity index (χ1) is 9.81. The van der Waals surface area contributed by atoms with Crippen molar-refractivity contribution >= 4 is 17.5 Å². The number of nitrogens with zero attached hydrogens (tertiary/aromatic N) is 2. The number of aromatic nitrogens is 2. The number of anilines is 2. The first-order valence-corrected chi connectivity index (χ1v) is 6.05. The normalized spacial score (nSPS) is 12.6. The highest BCUT2D eigenvalue weighted by molar-refractivity contribution is 5.99. The summed E-state index contributed by atoms with van der Waals surface area (Å²) in [6, 6.07) is 4.81. The predicted molar refractivity (Wildman–Crippen MR) is 72.1 cm³/mol. The topological polar surface area (TPSA) is 85.4 Å². The zero-order chi connectivity index (χ0) is 13.8. The third kappa shape index (κ3) is 2.77. The van der Waals surface area contributed by atoms with Crippen LogP contribution >= 0.6 is 0 Å². The molecule has 2 heterocycles. The van der Waals surface area contributed by atoms with Gasteiger partial charge in [-0.1, -0.05) is 0 Å². The Kier molecular flexibility index (Phi) is 3.32. The Bertz CT molecular complexity index is 618. The zero-order valence-electron chi connectivity index (χ0n) is 10.5. The molecule has 7 heteroatoms. The molecule has 0 spiro atoms. The summed E-state index contributed by atoms with van der Waals surface area (Å²) in [6.07, 6.45) is 4.49. The summed E-state index contributed by atoms with van der Waals surface area (Å²) in [7, 11) is 0. The number of hydrogen-bond donors (Lipinski definition) is 2. The van der Waals surface area contributed by atoms with Crippen molar-refractivity contribution in [1.82, 2.24) is 9.97 Å². The smallest absolute Gasteiger partial charge is 0.324 e. The van der Waals surface area contributed by atoms with Gasteiger partial charge >= 0.3 is 6.03 Å². The Balaban J connectivity index is 1.67. The fourth-order valence-electron chi connectivity index (χ4n) is 1.76. The van der Waals surface area contributed by atoms with Crippen LogP contribution in [0.25, 0.3) is 0 Å². The van der Waals surface area contributed by atoms with Gasteiger partial charge in [-0.2, -0.15) is 0 Å². The molecular weight excluding hydrogens is 260 g/mol. The largest absolute Gasteiger partial charge is 0.486 e. The Morgan fingerprint density at radius 3 is 2.75 bits per heavy atom. The van der Waals surface area contributed by atoms with Crippen molar-refractivity contribution in [1.29, 1.82) is 0 Å². The Labute approximate surface area is 115 Å². The Hall–Kier alpha value is -2.83. The van der Waals surface area contributed by atoms with Gasteiger partial charge in [-0.05, 0) is 12.1 Å². The van der Waals surface area contributed by atoms with Gasteiger partial charge in [0.2, 0.25) is 0 Å². The first-order valence-electron chi connectivity index (χ1n) is 6.05. The molecule has 1 aromatic heterocycles. The first kappa shape index (κ1) is 12.2. The van der Waals surface area contributed by atoms with Crippen LogP contribution in [0.3, 0.4) is 0 Å². The van der Waals surface area contributed by atoms with Crippen LogP contribution in [-0.2, 0) is 0 Å². The molecule has 0 aliphatic carbocycles. The average Bonchev–Trinajstić information content (AvgIpc) is 2.48. The molecular formula is C13H12N4O3. The second-order valence-corrected chi connectivity index (χ2v) is 4.03. The number of amides is 2. The van der Waals surface area contributed by atoms with Crippen molar-refractivity contribution in [2.45, 2.75) is 0 Å². The van der Waals surface area contributed by atoms with Crippen molar-refractivity contribution in [2.75, 3.05) is 23.8 Å². The van der Waals surface area contributed by atoms with Gasteiger partial charge in [0, 0.05) is 24.1 Å². The quantitative estimate of drug-likeness (QED) is 0.872. The van der Waals surface area contributed by atoms with Crippen molar-refractivity contribution in [3.63, 3.8) is 0 Å². The molecule has 2 N–H and O–H groups in total.